The van der Waals surface area contributed by atoms with Crippen molar-refractivity contribution in [1.82, 2.24) is 4.90 Å². The van der Waals surface area contributed by atoms with Crippen molar-refractivity contribution in [2.24, 2.45) is 0 Å². The van der Waals surface area contributed by atoms with Gasteiger partial charge in [-0.05, 0) is 60.7 Å². The van der Waals surface area contributed by atoms with Crippen LogP contribution in [0.3, 0.4) is 0 Å². The number of hydrogen-bond donors (Lipinski definition) is 1. The first-order chi connectivity index (χ1) is 11.7. The van der Waals surface area contributed by atoms with Gasteiger partial charge in [0.1, 0.15) is 5.75 Å². The van der Waals surface area contributed by atoms with Gasteiger partial charge in [0.05, 0.1) is 12.7 Å². The number of methoxy groups -OCH3 is 1. The predicted octanol–water partition coefficient (Wildman–Crippen LogP) is 3.38. The van der Waals surface area contributed by atoms with Crippen molar-refractivity contribution in [3.63, 3.8) is 0 Å². The molecule has 0 amide bonds. The van der Waals surface area contributed by atoms with E-state index in [1.54, 1.807) is 19.2 Å². The number of hydrogen-bond acceptors (Lipinski definition) is 3. The van der Waals surface area contributed by atoms with Gasteiger partial charge in [0.15, 0.2) is 0 Å². The number of carboxylic acid groups (broad SMARTS) is 1. The standard InChI is InChI=1S/C20H23NO3/c1-24-18-9-8-17-14-21(11-4-6-16(17)13-18)12-10-15-5-2-3-7-19(15)20(22)23/h2-3,5,7-9,13H,4,6,10-12,14H2,1H3,(H,22,23). The van der Waals surface area contributed by atoms with Crippen molar-refractivity contribution < 1.29 is 14.6 Å². The number of nitrogens with zero attached hydrogens (tertiary/aromatic N) is 1. The summed E-state index contributed by atoms with van der Waals surface area (Å²) in [4.78, 5) is 13.7. The van der Waals surface area contributed by atoms with Crippen LogP contribution in [0.25, 0.3) is 0 Å². The second-order valence-electron chi connectivity index (χ2n) is 6.23. The highest BCUT2D eigenvalue weighted by Crippen LogP contribution is 2.23. The van der Waals surface area contributed by atoms with E-state index in [0.717, 1.165) is 50.2 Å². The Morgan fingerprint density at radius 1 is 1.21 bits per heavy atom. The van der Waals surface area contributed by atoms with Gasteiger partial charge in [0.2, 0.25) is 0 Å². The van der Waals surface area contributed by atoms with Crippen LogP contribution in [-0.2, 0) is 19.4 Å². The summed E-state index contributed by atoms with van der Waals surface area (Å²) in [5.74, 6) is 0.0662. The maximum absolute atomic E-state index is 11.3. The third-order valence-electron chi connectivity index (χ3n) is 4.67. The summed E-state index contributed by atoms with van der Waals surface area (Å²) in [6.45, 7) is 2.82. The van der Waals surface area contributed by atoms with Crippen LogP contribution in [0.2, 0.25) is 0 Å². The first kappa shape index (κ1) is 16.5. The van der Waals surface area contributed by atoms with E-state index in [-0.39, 0.29) is 0 Å². The maximum atomic E-state index is 11.3. The first-order valence-electron chi connectivity index (χ1n) is 8.36. The summed E-state index contributed by atoms with van der Waals surface area (Å²) in [7, 11) is 1.70. The number of ether oxygens (including phenoxy) is 1. The molecular weight excluding hydrogens is 302 g/mol. The van der Waals surface area contributed by atoms with Crippen LogP contribution in [0.15, 0.2) is 42.5 Å². The smallest absolute Gasteiger partial charge is 0.335 e. The Hall–Kier alpha value is -2.33. The lowest BCUT2D eigenvalue weighted by atomic mass is 10.0. The van der Waals surface area contributed by atoms with Crippen molar-refractivity contribution in [3.05, 3.63) is 64.7 Å². The summed E-state index contributed by atoms with van der Waals surface area (Å²) >= 11 is 0. The fourth-order valence-electron chi connectivity index (χ4n) is 3.35. The third kappa shape index (κ3) is 3.77. The average molecular weight is 325 g/mol. The molecule has 4 nitrogen and oxygen atoms in total. The van der Waals surface area contributed by atoms with Gasteiger partial charge in [-0.15, -0.1) is 0 Å². The fourth-order valence-corrected chi connectivity index (χ4v) is 3.35. The first-order valence-corrected chi connectivity index (χ1v) is 8.36. The van der Waals surface area contributed by atoms with E-state index in [4.69, 9.17) is 4.74 Å². The molecule has 0 saturated heterocycles. The van der Waals surface area contributed by atoms with Gasteiger partial charge in [-0.25, -0.2) is 4.79 Å². The number of carbonyl (C=O) groups is 1. The summed E-state index contributed by atoms with van der Waals surface area (Å²) in [6.07, 6.45) is 2.93. The van der Waals surface area contributed by atoms with Gasteiger partial charge in [0, 0.05) is 13.1 Å². The molecule has 0 aromatic heterocycles. The second kappa shape index (κ2) is 7.49. The Morgan fingerprint density at radius 3 is 2.83 bits per heavy atom. The minimum absolute atomic E-state index is 0.414. The quantitative estimate of drug-likeness (QED) is 0.915. The molecule has 0 fully saturated rings. The van der Waals surface area contributed by atoms with Gasteiger partial charge in [0.25, 0.3) is 0 Å². The van der Waals surface area contributed by atoms with E-state index in [1.807, 2.05) is 18.2 Å². The summed E-state index contributed by atoms with van der Waals surface area (Å²) in [5, 5.41) is 9.30. The highest BCUT2D eigenvalue weighted by Gasteiger charge is 2.16. The van der Waals surface area contributed by atoms with Crippen LogP contribution in [0.5, 0.6) is 5.75 Å². The highest BCUT2D eigenvalue weighted by molar-refractivity contribution is 5.89. The molecule has 0 radical (unpaired) electrons. The number of aromatic carboxylic acids is 1. The maximum Gasteiger partial charge on any atom is 0.335 e. The molecule has 1 N–H and O–H groups in total. The molecule has 0 bridgehead atoms. The largest absolute Gasteiger partial charge is 0.497 e. The molecule has 3 rings (SSSR count). The molecule has 4 heteroatoms. The minimum atomic E-state index is -0.848. The lowest BCUT2D eigenvalue weighted by molar-refractivity contribution is 0.0695. The van der Waals surface area contributed by atoms with E-state index in [9.17, 15) is 9.90 Å². The number of benzene rings is 2. The highest BCUT2D eigenvalue weighted by atomic mass is 16.5. The van der Waals surface area contributed by atoms with Gasteiger partial charge < -0.3 is 9.84 Å². The van der Waals surface area contributed by atoms with Crippen molar-refractivity contribution >= 4 is 5.97 Å². The minimum Gasteiger partial charge on any atom is -0.497 e. The molecule has 24 heavy (non-hydrogen) atoms. The molecule has 0 unspecified atom stereocenters. The Kier molecular flexibility index (Phi) is 5.16. The summed E-state index contributed by atoms with van der Waals surface area (Å²) in [5.41, 5.74) is 4.03. The van der Waals surface area contributed by atoms with E-state index in [2.05, 4.69) is 17.0 Å². The van der Waals surface area contributed by atoms with E-state index < -0.39 is 5.97 Å². The zero-order valence-corrected chi connectivity index (χ0v) is 14.0. The lowest BCUT2D eigenvalue weighted by Crippen LogP contribution is -2.26. The van der Waals surface area contributed by atoms with E-state index in [0.29, 0.717) is 5.56 Å². The van der Waals surface area contributed by atoms with E-state index >= 15 is 0 Å². The molecule has 2 aromatic carbocycles. The number of aryl methyl sites for hydroxylation is 1. The average Bonchev–Trinajstić information content (AvgIpc) is 2.81. The predicted molar refractivity (Wildman–Crippen MR) is 93.7 cm³/mol. The SMILES string of the molecule is COc1ccc2c(c1)CCCN(CCc1ccccc1C(=O)O)C2. The van der Waals surface area contributed by atoms with Gasteiger partial charge >= 0.3 is 5.97 Å². The zero-order chi connectivity index (χ0) is 16.9. The molecule has 0 spiro atoms. The van der Waals surface area contributed by atoms with E-state index in [1.165, 1.54) is 11.1 Å². The van der Waals surface area contributed by atoms with Crippen molar-refractivity contribution in [2.45, 2.75) is 25.8 Å². The van der Waals surface area contributed by atoms with Gasteiger partial charge in [-0.2, -0.15) is 0 Å². The lowest BCUT2D eigenvalue weighted by Gasteiger charge is -2.21. The normalized spacial score (nSPS) is 14.7. The number of fused-ring (bicyclic) bond motifs is 1. The molecule has 1 heterocycles. The van der Waals surface area contributed by atoms with Crippen LogP contribution in [0.1, 0.15) is 33.5 Å². The van der Waals surface area contributed by atoms with Crippen LogP contribution < -0.4 is 4.74 Å². The van der Waals surface area contributed by atoms with Gasteiger partial charge in [-0.3, -0.25) is 4.90 Å². The van der Waals surface area contributed by atoms with Crippen molar-refractivity contribution in [2.75, 3.05) is 20.2 Å². The fraction of sp³-hybridized carbons (Fsp3) is 0.350. The molecule has 0 aliphatic carbocycles. The molecule has 1 aliphatic heterocycles. The monoisotopic (exact) mass is 325 g/mol. The van der Waals surface area contributed by atoms with Gasteiger partial charge in [-0.1, -0.05) is 24.3 Å². The Labute approximate surface area is 142 Å². The zero-order valence-electron chi connectivity index (χ0n) is 14.0. The van der Waals surface area contributed by atoms with Crippen LogP contribution >= 0.6 is 0 Å². The van der Waals surface area contributed by atoms with Crippen LogP contribution in [-0.4, -0.2) is 36.2 Å². The topological polar surface area (TPSA) is 49.8 Å². The Bertz CT molecular complexity index is 727. The molecule has 126 valence electrons. The van der Waals surface area contributed by atoms with Crippen LogP contribution in [0.4, 0.5) is 0 Å². The molecule has 1 aliphatic rings. The second-order valence-corrected chi connectivity index (χ2v) is 6.23. The third-order valence-corrected chi connectivity index (χ3v) is 4.67. The Balaban J connectivity index is 1.69. The molecule has 2 aromatic rings. The van der Waals surface area contributed by atoms with Crippen LogP contribution in [0, 0.1) is 0 Å². The molecular formula is C20H23NO3. The number of carboxylic acids is 1. The summed E-state index contributed by atoms with van der Waals surface area (Å²) < 4.78 is 5.32. The molecule has 0 atom stereocenters. The van der Waals surface area contributed by atoms with Crippen molar-refractivity contribution in [1.29, 1.82) is 0 Å². The van der Waals surface area contributed by atoms with Crippen molar-refractivity contribution in [3.8, 4) is 5.75 Å². The molecule has 0 saturated carbocycles. The number of rotatable bonds is 5. The summed E-state index contributed by atoms with van der Waals surface area (Å²) in [6, 6.07) is 13.6. The Morgan fingerprint density at radius 2 is 2.04 bits per heavy atom.